The van der Waals surface area contributed by atoms with Gasteiger partial charge < -0.3 is 4.90 Å². The molecule has 0 heterocycles. The molecule has 2 rings (SSSR count). The third kappa shape index (κ3) is 4.44. The Morgan fingerprint density at radius 1 is 1.14 bits per heavy atom. The first-order valence-corrected chi connectivity index (χ1v) is 8.38. The molecule has 0 radical (unpaired) electrons. The Morgan fingerprint density at radius 3 is 2.59 bits per heavy atom. The lowest BCUT2D eigenvalue weighted by Crippen LogP contribution is -2.14. The van der Waals surface area contributed by atoms with Crippen molar-refractivity contribution >= 4 is 28.0 Å². The first kappa shape index (κ1) is 16.8. The Bertz CT molecular complexity index is 677. The van der Waals surface area contributed by atoms with Crippen LogP contribution in [-0.2, 0) is 6.42 Å². The van der Waals surface area contributed by atoms with Gasteiger partial charge in [0.15, 0.2) is 0 Å². The Morgan fingerprint density at radius 2 is 1.91 bits per heavy atom. The standard InChI is InChI=1S/C19H23BrN2/c1-5-22(4)13-21-19-10-14(2)17(9-15(19)3)11-16-7-6-8-18(20)12-16/h6-10,12-13H,5,11H2,1-4H3. The second-order valence-electron chi connectivity index (χ2n) is 5.69. The maximum atomic E-state index is 4.59. The molecular weight excluding hydrogens is 336 g/mol. The zero-order valence-electron chi connectivity index (χ0n) is 13.7. The van der Waals surface area contributed by atoms with Crippen LogP contribution in [0.3, 0.4) is 0 Å². The fraction of sp³-hybridized carbons (Fsp3) is 0.316. The topological polar surface area (TPSA) is 15.6 Å². The molecule has 2 aromatic rings. The predicted molar refractivity (Wildman–Crippen MR) is 99.3 cm³/mol. The number of hydrogen-bond donors (Lipinski definition) is 0. The van der Waals surface area contributed by atoms with Gasteiger partial charge in [0.2, 0.25) is 0 Å². The van der Waals surface area contributed by atoms with Gasteiger partial charge in [-0.25, -0.2) is 4.99 Å². The lowest BCUT2D eigenvalue weighted by molar-refractivity contribution is 0.552. The fourth-order valence-electron chi connectivity index (χ4n) is 2.30. The molecule has 0 aliphatic rings. The van der Waals surface area contributed by atoms with Crippen LogP contribution in [0.25, 0.3) is 0 Å². The first-order valence-electron chi connectivity index (χ1n) is 7.58. The molecule has 0 N–H and O–H groups in total. The zero-order valence-corrected chi connectivity index (χ0v) is 15.3. The molecule has 0 aliphatic carbocycles. The average Bonchev–Trinajstić information content (AvgIpc) is 2.49. The van der Waals surface area contributed by atoms with Gasteiger partial charge in [0.25, 0.3) is 0 Å². The average molecular weight is 359 g/mol. The summed E-state index contributed by atoms with van der Waals surface area (Å²) in [6, 6.07) is 12.9. The van der Waals surface area contributed by atoms with Gasteiger partial charge >= 0.3 is 0 Å². The van der Waals surface area contributed by atoms with Gasteiger partial charge in [-0.2, -0.15) is 0 Å². The highest BCUT2D eigenvalue weighted by atomic mass is 79.9. The van der Waals surface area contributed by atoms with Gasteiger partial charge in [0.05, 0.1) is 12.0 Å². The van der Waals surface area contributed by atoms with E-state index < -0.39 is 0 Å². The van der Waals surface area contributed by atoms with E-state index in [1.54, 1.807) is 0 Å². The van der Waals surface area contributed by atoms with Crippen LogP contribution in [0.2, 0.25) is 0 Å². The van der Waals surface area contributed by atoms with E-state index in [1.165, 1.54) is 22.3 Å². The third-order valence-electron chi connectivity index (χ3n) is 3.83. The maximum Gasteiger partial charge on any atom is 0.0909 e. The van der Waals surface area contributed by atoms with E-state index in [4.69, 9.17) is 0 Å². The number of benzene rings is 2. The molecule has 0 bridgehead atoms. The molecule has 0 fully saturated rings. The lowest BCUT2D eigenvalue weighted by atomic mass is 9.97. The van der Waals surface area contributed by atoms with E-state index in [-0.39, 0.29) is 0 Å². The largest absolute Gasteiger partial charge is 0.366 e. The summed E-state index contributed by atoms with van der Waals surface area (Å²) in [7, 11) is 2.04. The second kappa shape index (κ2) is 7.59. The summed E-state index contributed by atoms with van der Waals surface area (Å²) in [6.07, 6.45) is 2.85. The summed E-state index contributed by atoms with van der Waals surface area (Å²) in [5, 5.41) is 0. The van der Waals surface area contributed by atoms with Gasteiger partial charge in [-0.15, -0.1) is 0 Å². The van der Waals surface area contributed by atoms with Crippen molar-refractivity contribution in [1.29, 1.82) is 0 Å². The Hall–Kier alpha value is -1.61. The summed E-state index contributed by atoms with van der Waals surface area (Å²) >= 11 is 3.54. The number of aryl methyl sites for hydroxylation is 2. The number of aliphatic imine (C=N–C) groups is 1. The first-order chi connectivity index (χ1) is 10.5. The van der Waals surface area contributed by atoms with Crippen LogP contribution in [0, 0.1) is 13.8 Å². The Balaban J connectivity index is 2.24. The van der Waals surface area contributed by atoms with Crippen molar-refractivity contribution in [3.8, 4) is 0 Å². The van der Waals surface area contributed by atoms with E-state index in [0.29, 0.717) is 0 Å². The van der Waals surface area contributed by atoms with Crippen molar-refractivity contribution in [2.75, 3.05) is 13.6 Å². The molecule has 0 aliphatic heterocycles. The van der Waals surface area contributed by atoms with E-state index in [0.717, 1.165) is 23.1 Å². The van der Waals surface area contributed by atoms with Crippen molar-refractivity contribution in [3.05, 3.63) is 63.1 Å². The second-order valence-corrected chi connectivity index (χ2v) is 6.61. The summed E-state index contributed by atoms with van der Waals surface area (Å²) < 4.78 is 1.13. The fourth-order valence-corrected chi connectivity index (χ4v) is 2.75. The van der Waals surface area contributed by atoms with E-state index in [9.17, 15) is 0 Å². The van der Waals surface area contributed by atoms with Crippen molar-refractivity contribution in [3.63, 3.8) is 0 Å². The molecule has 2 aromatic carbocycles. The molecule has 0 spiro atoms. The van der Waals surface area contributed by atoms with E-state index >= 15 is 0 Å². The monoisotopic (exact) mass is 358 g/mol. The normalized spacial score (nSPS) is 11.1. The number of halogens is 1. The minimum atomic E-state index is 0.949. The van der Waals surface area contributed by atoms with Gasteiger partial charge in [-0.3, -0.25) is 0 Å². The molecule has 0 atom stereocenters. The molecule has 2 nitrogen and oxygen atoms in total. The molecule has 0 aromatic heterocycles. The SMILES string of the molecule is CCN(C)C=Nc1cc(C)c(Cc2cccc(Br)c2)cc1C. The quantitative estimate of drug-likeness (QED) is 0.525. The van der Waals surface area contributed by atoms with E-state index in [1.807, 2.05) is 13.4 Å². The summed E-state index contributed by atoms with van der Waals surface area (Å²) in [4.78, 5) is 6.67. The number of rotatable bonds is 5. The van der Waals surface area contributed by atoms with Crippen molar-refractivity contribution in [2.45, 2.75) is 27.2 Å². The number of hydrogen-bond acceptors (Lipinski definition) is 1. The molecule has 22 heavy (non-hydrogen) atoms. The van der Waals surface area contributed by atoms with Crippen LogP contribution in [0.1, 0.15) is 29.2 Å². The van der Waals surface area contributed by atoms with Gasteiger partial charge in [0.1, 0.15) is 0 Å². The van der Waals surface area contributed by atoms with Crippen LogP contribution in [0.15, 0.2) is 45.9 Å². The lowest BCUT2D eigenvalue weighted by Gasteiger charge is -2.12. The molecule has 0 saturated carbocycles. The van der Waals surface area contributed by atoms with Crippen LogP contribution in [0.5, 0.6) is 0 Å². The molecule has 0 saturated heterocycles. The van der Waals surface area contributed by atoms with Crippen molar-refractivity contribution in [1.82, 2.24) is 4.90 Å². The molecular formula is C19H23BrN2. The predicted octanol–water partition coefficient (Wildman–Crippen LogP) is 5.27. The van der Waals surface area contributed by atoms with Gasteiger partial charge in [-0.05, 0) is 67.6 Å². The van der Waals surface area contributed by atoms with Gasteiger partial charge in [-0.1, -0.05) is 34.1 Å². The summed E-state index contributed by atoms with van der Waals surface area (Å²) in [5.74, 6) is 0. The summed E-state index contributed by atoms with van der Waals surface area (Å²) in [6.45, 7) is 7.37. The zero-order chi connectivity index (χ0) is 16.1. The smallest absolute Gasteiger partial charge is 0.0909 e. The highest BCUT2D eigenvalue weighted by Crippen LogP contribution is 2.25. The number of nitrogens with zero attached hydrogens (tertiary/aromatic N) is 2. The highest BCUT2D eigenvalue weighted by Gasteiger charge is 2.05. The van der Waals surface area contributed by atoms with Crippen LogP contribution >= 0.6 is 15.9 Å². The highest BCUT2D eigenvalue weighted by molar-refractivity contribution is 9.10. The van der Waals surface area contributed by atoms with E-state index in [2.05, 4.69) is 83.0 Å². The molecule has 3 heteroatoms. The molecule has 0 amide bonds. The Labute approximate surface area is 142 Å². The van der Waals surface area contributed by atoms with Crippen molar-refractivity contribution in [2.24, 2.45) is 4.99 Å². The minimum absolute atomic E-state index is 0.949. The van der Waals surface area contributed by atoms with Crippen LogP contribution < -0.4 is 0 Å². The third-order valence-corrected chi connectivity index (χ3v) is 4.32. The molecule has 0 unspecified atom stereocenters. The maximum absolute atomic E-state index is 4.59. The summed E-state index contributed by atoms with van der Waals surface area (Å²) in [5.41, 5.74) is 6.24. The molecule has 116 valence electrons. The van der Waals surface area contributed by atoms with Crippen LogP contribution in [-0.4, -0.2) is 24.8 Å². The van der Waals surface area contributed by atoms with Crippen molar-refractivity contribution < 1.29 is 0 Å². The van der Waals surface area contributed by atoms with Gasteiger partial charge in [0, 0.05) is 18.1 Å². The minimum Gasteiger partial charge on any atom is -0.366 e. The Kier molecular flexibility index (Phi) is 5.78. The van der Waals surface area contributed by atoms with Crippen LogP contribution in [0.4, 0.5) is 5.69 Å².